The van der Waals surface area contributed by atoms with Crippen molar-refractivity contribution in [3.05, 3.63) is 170 Å². The fourth-order valence-electron chi connectivity index (χ4n) is 7.99. The van der Waals surface area contributed by atoms with E-state index in [2.05, 4.69) is 164 Å². The van der Waals surface area contributed by atoms with Crippen LogP contribution in [0.2, 0.25) is 0 Å². The molecule has 0 spiro atoms. The summed E-state index contributed by atoms with van der Waals surface area (Å²) in [5.74, 6) is 0. The van der Waals surface area contributed by atoms with Gasteiger partial charge in [0.05, 0.1) is 0 Å². The molecule has 1 nitrogen and oxygen atoms in total. The van der Waals surface area contributed by atoms with Crippen LogP contribution in [-0.2, 0) is 0 Å². The van der Waals surface area contributed by atoms with E-state index in [1.54, 1.807) is 0 Å². The summed E-state index contributed by atoms with van der Waals surface area (Å²) in [7, 11) is 0. The first kappa shape index (κ1) is 28.8. The summed E-state index contributed by atoms with van der Waals surface area (Å²) in [6, 6.07) is 62.0. The lowest BCUT2D eigenvalue weighted by atomic mass is 9.91. The standard InChI is InChI=1S/C48H28OS2/c1-3-19-40-38(15-1)46-34(16-7-20-41(46)49-40)32-12-6-13-33(27-32)36-18-9-23-45-48(36)47-35(17-8-22-44(47)51-45)31-11-5-10-29(26-31)30-24-25-43-39(28-30)37-14-2-4-21-42(37)50-43/h1-28H. The van der Waals surface area contributed by atoms with Gasteiger partial charge < -0.3 is 4.42 Å². The lowest BCUT2D eigenvalue weighted by Gasteiger charge is -2.11. The first-order chi connectivity index (χ1) is 25.3. The van der Waals surface area contributed by atoms with E-state index in [1.165, 1.54) is 84.9 Å². The van der Waals surface area contributed by atoms with Crippen LogP contribution in [0.3, 0.4) is 0 Å². The van der Waals surface area contributed by atoms with Crippen molar-refractivity contribution in [2.75, 3.05) is 0 Å². The van der Waals surface area contributed by atoms with Gasteiger partial charge >= 0.3 is 0 Å². The molecule has 8 aromatic carbocycles. The van der Waals surface area contributed by atoms with Gasteiger partial charge in [-0.05, 0) is 99.1 Å². The van der Waals surface area contributed by atoms with Crippen molar-refractivity contribution in [2.24, 2.45) is 0 Å². The van der Waals surface area contributed by atoms with Crippen LogP contribution in [0.25, 0.3) is 107 Å². The Morgan fingerprint density at radius 3 is 1.53 bits per heavy atom. The number of furan rings is 1. The fourth-order valence-corrected chi connectivity index (χ4v) is 10.2. The highest BCUT2D eigenvalue weighted by Crippen LogP contribution is 2.46. The van der Waals surface area contributed by atoms with Crippen molar-refractivity contribution < 1.29 is 4.42 Å². The second-order valence-electron chi connectivity index (χ2n) is 13.2. The number of fused-ring (bicyclic) bond motifs is 9. The Bertz CT molecular complexity index is 3150. The zero-order chi connectivity index (χ0) is 33.5. The van der Waals surface area contributed by atoms with E-state index in [0.717, 1.165) is 21.9 Å². The topological polar surface area (TPSA) is 13.1 Å². The Labute approximate surface area is 302 Å². The average molecular weight is 685 g/mol. The second kappa shape index (κ2) is 11.3. The van der Waals surface area contributed by atoms with Crippen molar-refractivity contribution in [1.82, 2.24) is 0 Å². The van der Waals surface area contributed by atoms with Gasteiger partial charge in [0.2, 0.25) is 0 Å². The SMILES string of the molecule is c1cc(-c2ccc3sc4ccccc4c3c2)cc(-c2cccc3sc4cccc(-c5cccc(-c6cccc7oc8ccccc8c67)c5)c4c23)c1. The molecule has 0 saturated heterocycles. The Hall–Kier alpha value is -6.00. The molecule has 0 bridgehead atoms. The van der Waals surface area contributed by atoms with E-state index in [9.17, 15) is 0 Å². The summed E-state index contributed by atoms with van der Waals surface area (Å²) in [5.41, 5.74) is 11.6. The van der Waals surface area contributed by atoms with Crippen LogP contribution >= 0.6 is 22.7 Å². The van der Waals surface area contributed by atoms with Crippen LogP contribution in [0, 0.1) is 0 Å². The van der Waals surface area contributed by atoms with Crippen LogP contribution in [-0.4, -0.2) is 0 Å². The third-order valence-corrected chi connectivity index (χ3v) is 12.6. The molecule has 0 saturated carbocycles. The van der Waals surface area contributed by atoms with Gasteiger partial charge in [0.1, 0.15) is 11.2 Å². The van der Waals surface area contributed by atoms with Gasteiger partial charge in [-0.3, -0.25) is 0 Å². The van der Waals surface area contributed by atoms with Crippen molar-refractivity contribution in [1.29, 1.82) is 0 Å². The van der Waals surface area contributed by atoms with Gasteiger partial charge in [-0.15, -0.1) is 22.7 Å². The molecular weight excluding hydrogens is 657 g/mol. The highest BCUT2D eigenvalue weighted by molar-refractivity contribution is 7.26. The summed E-state index contributed by atoms with van der Waals surface area (Å²) in [6.45, 7) is 0. The molecule has 0 aliphatic carbocycles. The molecule has 51 heavy (non-hydrogen) atoms. The highest BCUT2D eigenvalue weighted by Gasteiger charge is 2.17. The largest absolute Gasteiger partial charge is 0.456 e. The normalized spacial score (nSPS) is 11.9. The molecule has 11 aromatic rings. The molecule has 0 aliphatic rings. The minimum atomic E-state index is 0.917. The summed E-state index contributed by atoms with van der Waals surface area (Å²) >= 11 is 3.74. The van der Waals surface area contributed by atoms with E-state index < -0.39 is 0 Å². The molecule has 3 heterocycles. The molecule has 0 atom stereocenters. The maximum Gasteiger partial charge on any atom is 0.136 e. The molecule has 238 valence electrons. The first-order valence-electron chi connectivity index (χ1n) is 17.2. The van der Waals surface area contributed by atoms with Gasteiger partial charge in [-0.2, -0.15) is 0 Å². The molecule has 3 heteroatoms. The Morgan fingerprint density at radius 2 is 0.784 bits per heavy atom. The highest BCUT2D eigenvalue weighted by atomic mass is 32.1. The second-order valence-corrected chi connectivity index (χ2v) is 15.4. The quantitative estimate of drug-likeness (QED) is 0.180. The summed E-state index contributed by atoms with van der Waals surface area (Å²) in [5, 5.41) is 7.60. The molecule has 0 aliphatic heterocycles. The maximum absolute atomic E-state index is 6.25. The lowest BCUT2D eigenvalue weighted by molar-refractivity contribution is 0.669. The molecule has 3 aromatic heterocycles. The average Bonchev–Trinajstić information content (AvgIpc) is 3.89. The zero-order valence-electron chi connectivity index (χ0n) is 27.4. The third kappa shape index (κ3) is 4.52. The van der Waals surface area contributed by atoms with E-state index in [4.69, 9.17) is 4.42 Å². The van der Waals surface area contributed by atoms with Crippen LogP contribution in [0.4, 0.5) is 0 Å². The van der Waals surface area contributed by atoms with Gasteiger partial charge in [0, 0.05) is 51.1 Å². The van der Waals surface area contributed by atoms with Crippen molar-refractivity contribution >= 4 is 85.0 Å². The Balaban J connectivity index is 1.07. The molecule has 0 amide bonds. The lowest BCUT2D eigenvalue weighted by Crippen LogP contribution is -1.86. The monoisotopic (exact) mass is 684 g/mol. The molecule has 0 unspecified atom stereocenters. The number of thiophene rings is 2. The summed E-state index contributed by atoms with van der Waals surface area (Å²) in [4.78, 5) is 0. The van der Waals surface area contributed by atoms with Gasteiger partial charge in [0.25, 0.3) is 0 Å². The predicted octanol–water partition coefficient (Wildman–Crippen LogP) is 15.0. The van der Waals surface area contributed by atoms with Crippen LogP contribution in [0.1, 0.15) is 0 Å². The third-order valence-electron chi connectivity index (χ3n) is 10.3. The number of rotatable bonds is 4. The van der Waals surface area contributed by atoms with Crippen LogP contribution in [0.5, 0.6) is 0 Å². The minimum absolute atomic E-state index is 0.917. The van der Waals surface area contributed by atoms with Crippen molar-refractivity contribution in [3.8, 4) is 44.5 Å². The van der Waals surface area contributed by atoms with Gasteiger partial charge in [0.15, 0.2) is 0 Å². The van der Waals surface area contributed by atoms with E-state index in [1.807, 2.05) is 28.7 Å². The van der Waals surface area contributed by atoms with Gasteiger partial charge in [-0.25, -0.2) is 0 Å². The molecule has 0 N–H and O–H groups in total. The number of hydrogen-bond donors (Lipinski definition) is 0. The predicted molar refractivity (Wildman–Crippen MR) is 221 cm³/mol. The molecule has 0 radical (unpaired) electrons. The van der Waals surface area contributed by atoms with Crippen molar-refractivity contribution in [3.63, 3.8) is 0 Å². The number of hydrogen-bond acceptors (Lipinski definition) is 3. The smallest absolute Gasteiger partial charge is 0.136 e. The van der Waals surface area contributed by atoms with E-state index in [0.29, 0.717) is 0 Å². The number of para-hydroxylation sites is 1. The van der Waals surface area contributed by atoms with Gasteiger partial charge in [-0.1, -0.05) is 115 Å². The zero-order valence-corrected chi connectivity index (χ0v) is 29.0. The molecule has 0 fully saturated rings. The Kier molecular flexibility index (Phi) is 6.36. The van der Waals surface area contributed by atoms with Crippen LogP contribution < -0.4 is 0 Å². The first-order valence-corrected chi connectivity index (χ1v) is 18.9. The summed E-state index contributed by atoms with van der Waals surface area (Å²) in [6.07, 6.45) is 0. The van der Waals surface area contributed by atoms with E-state index >= 15 is 0 Å². The van der Waals surface area contributed by atoms with Crippen molar-refractivity contribution in [2.45, 2.75) is 0 Å². The fraction of sp³-hybridized carbons (Fsp3) is 0. The molecule has 11 rings (SSSR count). The molecular formula is C48H28OS2. The maximum atomic E-state index is 6.25. The summed E-state index contributed by atoms with van der Waals surface area (Å²) < 4.78 is 11.5. The van der Waals surface area contributed by atoms with Crippen LogP contribution in [0.15, 0.2) is 174 Å². The Morgan fingerprint density at radius 1 is 0.294 bits per heavy atom. The number of benzene rings is 8. The minimum Gasteiger partial charge on any atom is -0.456 e. The van der Waals surface area contributed by atoms with E-state index in [-0.39, 0.29) is 0 Å².